The Morgan fingerprint density at radius 2 is 2.14 bits per heavy atom. The average molecular weight is 347 g/mol. The first-order valence-corrected chi connectivity index (χ1v) is 6.72. The Hall–Kier alpha value is -2.54. The maximum atomic E-state index is 12.0. The number of hydrazone groups is 1. The van der Waals surface area contributed by atoms with Gasteiger partial charge in [-0.05, 0) is 30.3 Å². The van der Waals surface area contributed by atoms with Gasteiger partial charge in [0.15, 0.2) is 0 Å². The highest BCUT2D eigenvalue weighted by atomic mass is 79.9. The number of carbonyl (C=O) groups excluding carboxylic acids is 1. The summed E-state index contributed by atoms with van der Waals surface area (Å²) in [5.41, 5.74) is 3.56. The Kier molecular flexibility index (Phi) is 5.16. The zero-order valence-electron chi connectivity index (χ0n) is 10.8. The zero-order chi connectivity index (χ0) is 15.1. The Balaban J connectivity index is 2.19. The molecule has 2 aromatic rings. The number of halogens is 1. The zero-order valence-corrected chi connectivity index (χ0v) is 12.4. The van der Waals surface area contributed by atoms with Gasteiger partial charge in [-0.15, -0.1) is 0 Å². The van der Waals surface area contributed by atoms with Crippen molar-refractivity contribution in [2.75, 3.05) is 0 Å². The summed E-state index contributed by atoms with van der Waals surface area (Å²) in [6.45, 7) is 0. The molecule has 0 saturated carbocycles. The number of benzene rings is 1. The smallest absolute Gasteiger partial charge is 0.271 e. The fraction of sp³-hybridized carbons (Fsp3) is 0. The lowest BCUT2D eigenvalue weighted by Crippen LogP contribution is -2.21. The maximum absolute atomic E-state index is 12.0. The molecule has 0 bridgehead atoms. The number of aromatic nitrogens is 1. The molecule has 0 spiro atoms. The van der Waals surface area contributed by atoms with Crippen LogP contribution in [0.15, 0.2) is 63.4 Å². The van der Waals surface area contributed by atoms with E-state index in [4.69, 9.17) is 5.21 Å². The molecular weight excluding hydrogens is 336 g/mol. The lowest BCUT2D eigenvalue weighted by atomic mass is 10.2. The lowest BCUT2D eigenvalue weighted by Gasteiger charge is -2.03. The van der Waals surface area contributed by atoms with Crippen molar-refractivity contribution in [1.29, 1.82) is 0 Å². The molecule has 1 aromatic heterocycles. The minimum atomic E-state index is -0.379. The number of nitrogens with zero attached hydrogens (tertiary/aromatic N) is 3. The molecule has 0 unspecified atom stereocenters. The number of nitrogens with one attached hydrogen (secondary N) is 1. The van der Waals surface area contributed by atoms with Crippen molar-refractivity contribution in [2.45, 2.75) is 0 Å². The first kappa shape index (κ1) is 14.9. The SMILES string of the molecule is O=C(N/N=C(\C=N\O)c1ccccn1)c1cccc(Br)c1. The van der Waals surface area contributed by atoms with E-state index in [0.29, 0.717) is 11.3 Å². The van der Waals surface area contributed by atoms with Gasteiger partial charge in [0.2, 0.25) is 0 Å². The fourth-order valence-electron chi connectivity index (χ4n) is 1.53. The van der Waals surface area contributed by atoms with Crippen LogP contribution in [0, 0.1) is 0 Å². The van der Waals surface area contributed by atoms with E-state index in [-0.39, 0.29) is 11.6 Å². The fourth-order valence-corrected chi connectivity index (χ4v) is 1.93. The normalized spacial score (nSPS) is 11.6. The van der Waals surface area contributed by atoms with Crippen LogP contribution in [0.3, 0.4) is 0 Å². The molecule has 0 radical (unpaired) electrons. The van der Waals surface area contributed by atoms with Crippen LogP contribution in [0.2, 0.25) is 0 Å². The first-order valence-electron chi connectivity index (χ1n) is 5.93. The number of pyridine rings is 1. The molecule has 6 nitrogen and oxygen atoms in total. The maximum Gasteiger partial charge on any atom is 0.271 e. The van der Waals surface area contributed by atoms with Crippen molar-refractivity contribution in [2.24, 2.45) is 10.3 Å². The summed E-state index contributed by atoms with van der Waals surface area (Å²) in [7, 11) is 0. The number of amides is 1. The van der Waals surface area contributed by atoms with Gasteiger partial charge >= 0.3 is 0 Å². The van der Waals surface area contributed by atoms with E-state index in [0.717, 1.165) is 10.7 Å². The van der Waals surface area contributed by atoms with E-state index in [9.17, 15) is 4.79 Å². The van der Waals surface area contributed by atoms with Crippen molar-refractivity contribution >= 4 is 33.8 Å². The van der Waals surface area contributed by atoms with E-state index in [1.165, 1.54) is 0 Å². The molecule has 2 N–H and O–H groups in total. The Morgan fingerprint density at radius 1 is 1.29 bits per heavy atom. The number of oxime groups is 1. The standard InChI is InChI=1S/C14H11BrN4O2/c15-11-5-3-4-10(8-11)14(20)19-18-13(9-17-21)12-6-1-2-7-16-12/h1-9,21H,(H,19,20)/b17-9+,18-13+. The predicted octanol–water partition coefficient (Wildman–Crippen LogP) is 2.44. The quantitative estimate of drug-likeness (QED) is 0.506. The summed E-state index contributed by atoms with van der Waals surface area (Å²) < 4.78 is 0.793. The summed E-state index contributed by atoms with van der Waals surface area (Å²) in [4.78, 5) is 16.0. The summed E-state index contributed by atoms with van der Waals surface area (Å²) in [5.74, 6) is -0.379. The van der Waals surface area contributed by atoms with Crippen molar-refractivity contribution in [3.8, 4) is 0 Å². The molecule has 7 heteroatoms. The Bertz CT molecular complexity index is 686. The van der Waals surface area contributed by atoms with E-state index in [1.54, 1.807) is 42.6 Å². The molecule has 1 aromatic carbocycles. The van der Waals surface area contributed by atoms with E-state index < -0.39 is 0 Å². The number of rotatable bonds is 4. The van der Waals surface area contributed by atoms with Gasteiger partial charge in [0, 0.05) is 16.2 Å². The van der Waals surface area contributed by atoms with Gasteiger partial charge in [-0.1, -0.05) is 33.2 Å². The number of hydrogen-bond acceptors (Lipinski definition) is 5. The topological polar surface area (TPSA) is 86.9 Å². The van der Waals surface area contributed by atoms with Gasteiger partial charge < -0.3 is 5.21 Å². The third kappa shape index (κ3) is 4.22. The first-order chi connectivity index (χ1) is 10.2. The average Bonchev–Trinajstić information content (AvgIpc) is 2.52. The van der Waals surface area contributed by atoms with Gasteiger partial charge in [-0.3, -0.25) is 9.78 Å². The molecule has 0 fully saturated rings. The highest BCUT2D eigenvalue weighted by molar-refractivity contribution is 9.10. The van der Waals surface area contributed by atoms with Gasteiger partial charge in [-0.2, -0.15) is 5.10 Å². The van der Waals surface area contributed by atoms with Crippen LogP contribution in [0.5, 0.6) is 0 Å². The highest BCUT2D eigenvalue weighted by Crippen LogP contribution is 2.11. The highest BCUT2D eigenvalue weighted by Gasteiger charge is 2.07. The minimum absolute atomic E-state index is 0.237. The van der Waals surface area contributed by atoms with Crippen LogP contribution in [0.1, 0.15) is 16.1 Å². The summed E-state index contributed by atoms with van der Waals surface area (Å²) >= 11 is 3.29. The van der Waals surface area contributed by atoms with Crippen molar-refractivity contribution in [3.63, 3.8) is 0 Å². The van der Waals surface area contributed by atoms with E-state index >= 15 is 0 Å². The van der Waals surface area contributed by atoms with E-state index in [1.807, 2.05) is 6.07 Å². The van der Waals surface area contributed by atoms with Gasteiger partial charge in [0.25, 0.3) is 5.91 Å². The molecule has 0 aliphatic carbocycles. The summed E-state index contributed by atoms with van der Waals surface area (Å²) in [5, 5.41) is 15.5. The molecular formula is C14H11BrN4O2. The second-order valence-corrected chi connectivity index (χ2v) is 4.82. The molecule has 0 atom stereocenters. The van der Waals surface area contributed by atoms with Gasteiger partial charge in [0.05, 0.1) is 11.9 Å². The van der Waals surface area contributed by atoms with Crippen LogP contribution in [0.25, 0.3) is 0 Å². The molecule has 1 heterocycles. The Morgan fingerprint density at radius 3 is 2.81 bits per heavy atom. The van der Waals surface area contributed by atoms with Crippen LogP contribution < -0.4 is 5.43 Å². The Labute approximate surface area is 129 Å². The molecule has 0 aliphatic heterocycles. The summed E-state index contributed by atoms with van der Waals surface area (Å²) in [6, 6.07) is 12.1. The second kappa shape index (κ2) is 7.30. The lowest BCUT2D eigenvalue weighted by molar-refractivity contribution is 0.0955. The van der Waals surface area contributed by atoms with Crippen molar-refractivity contribution in [1.82, 2.24) is 10.4 Å². The van der Waals surface area contributed by atoms with E-state index in [2.05, 4.69) is 36.6 Å². The largest absolute Gasteiger partial charge is 0.411 e. The van der Waals surface area contributed by atoms with Crippen molar-refractivity contribution in [3.05, 3.63) is 64.4 Å². The van der Waals surface area contributed by atoms with Crippen LogP contribution in [-0.2, 0) is 0 Å². The van der Waals surface area contributed by atoms with Gasteiger partial charge in [-0.25, -0.2) is 5.43 Å². The molecule has 1 amide bonds. The molecule has 0 saturated heterocycles. The molecule has 106 valence electrons. The van der Waals surface area contributed by atoms with Crippen LogP contribution in [-0.4, -0.2) is 28.0 Å². The summed E-state index contributed by atoms with van der Waals surface area (Å²) in [6.07, 6.45) is 2.68. The van der Waals surface area contributed by atoms with Gasteiger partial charge in [0.1, 0.15) is 5.71 Å². The second-order valence-electron chi connectivity index (χ2n) is 3.91. The monoisotopic (exact) mass is 346 g/mol. The van der Waals surface area contributed by atoms with Crippen LogP contribution >= 0.6 is 15.9 Å². The number of hydrogen-bond donors (Lipinski definition) is 2. The predicted molar refractivity (Wildman–Crippen MR) is 82.7 cm³/mol. The minimum Gasteiger partial charge on any atom is -0.411 e. The third-order valence-electron chi connectivity index (χ3n) is 2.47. The molecule has 21 heavy (non-hydrogen) atoms. The third-order valence-corrected chi connectivity index (χ3v) is 2.97. The van der Waals surface area contributed by atoms with Crippen molar-refractivity contribution < 1.29 is 10.0 Å². The number of carbonyl (C=O) groups is 1. The van der Waals surface area contributed by atoms with Crippen LogP contribution in [0.4, 0.5) is 0 Å². The molecule has 2 rings (SSSR count). The molecule has 0 aliphatic rings.